The maximum absolute atomic E-state index is 6.00. The van der Waals surface area contributed by atoms with Crippen molar-refractivity contribution < 1.29 is 0 Å². The first-order valence-corrected chi connectivity index (χ1v) is 6.29. The Morgan fingerprint density at radius 2 is 1.82 bits per heavy atom. The molecule has 1 heterocycles. The van der Waals surface area contributed by atoms with Crippen molar-refractivity contribution in [1.29, 1.82) is 0 Å². The molecule has 0 spiro atoms. The van der Waals surface area contributed by atoms with Crippen LogP contribution in [0.15, 0.2) is 18.2 Å². The third-order valence-corrected chi connectivity index (χ3v) is 2.85. The molecule has 90 valence electrons. The van der Waals surface area contributed by atoms with E-state index in [4.69, 9.17) is 5.73 Å². The standard InChI is InChI=1S/C14H19N3/c1-3-5-10-7-8-12-11(9-10)14(15)17-13(16-12)6-4-2/h7-9H,3-6H2,1-2H3,(H2,15,16,17). The van der Waals surface area contributed by atoms with Gasteiger partial charge in [0.2, 0.25) is 0 Å². The topological polar surface area (TPSA) is 51.8 Å². The minimum Gasteiger partial charge on any atom is -0.383 e. The molecule has 3 heteroatoms. The van der Waals surface area contributed by atoms with Crippen molar-refractivity contribution in [3.63, 3.8) is 0 Å². The lowest BCUT2D eigenvalue weighted by molar-refractivity contribution is 0.846. The van der Waals surface area contributed by atoms with E-state index < -0.39 is 0 Å². The number of benzene rings is 1. The van der Waals surface area contributed by atoms with Crippen molar-refractivity contribution in [1.82, 2.24) is 9.97 Å². The second-order valence-corrected chi connectivity index (χ2v) is 4.38. The fourth-order valence-corrected chi connectivity index (χ4v) is 2.03. The average molecular weight is 229 g/mol. The van der Waals surface area contributed by atoms with E-state index in [1.807, 2.05) is 0 Å². The third kappa shape index (κ3) is 2.54. The van der Waals surface area contributed by atoms with Gasteiger partial charge in [0.05, 0.1) is 5.52 Å². The van der Waals surface area contributed by atoms with E-state index in [-0.39, 0.29) is 0 Å². The molecule has 0 saturated carbocycles. The number of nitrogen functional groups attached to an aromatic ring is 1. The van der Waals surface area contributed by atoms with E-state index in [9.17, 15) is 0 Å². The predicted octanol–water partition coefficient (Wildman–Crippen LogP) is 3.12. The lowest BCUT2D eigenvalue weighted by Crippen LogP contribution is -2.01. The van der Waals surface area contributed by atoms with E-state index in [2.05, 4.69) is 42.0 Å². The fraction of sp³-hybridized carbons (Fsp3) is 0.429. The smallest absolute Gasteiger partial charge is 0.135 e. The van der Waals surface area contributed by atoms with Crippen LogP contribution in [0.4, 0.5) is 5.82 Å². The molecule has 0 radical (unpaired) electrons. The van der Waals surface area contributed by atoms with Gasteiger partial charge in [0.15, 0.2) is 0 Å². The van der Waals surface area contributed by atoms with Gasteiger partial charge in [-0.2, -0.15) is 0 Å². The van der Waals surface area contributed by atoms with Gasteiger partial charge in [0.1, 0.15) is 11.6 Å². The van der Waals surface area contributed by atoms with Crippen LogP contribution in [0.25, 0.3) is 10.9 Å². The van der Waals surface area contributed by atoms with E-state index in [0.29, 0.717) is 5.82 Å². The fourth-order valence-electron chi connectivity index (χ4n) is 2.03. The van der Waals surface area contributed by atoms with Crippen LogP contribution in [-0.4, -0.2) is 9.97 Å². The Kier molecular flexibility index (Phi) is 3.57. The molecular formula is C14H19N3. The molecule has 3 nitrogen and oxygen atoms in total. The highest BCUT2D eigenvalue weighted by Crippen LogP contribution is 2.20. The number of hydrogen-bond acceptors (Lipinski definition) is 3. The van der Waals surface area contributed by atoms with Crippen LogP contribution < -0.4 is 5.73 Å². The van der Waals surface area contributed by atoms with Crippen LogP contribution in [0.5, 0.6) is 0 Å². The molecule has 0 atom stereocenters. The second-order valence-electron chi connectivity index (χ2n) is 4.38. The van der Waals surface area contributed by atoms with Crippen molar-refractivity contribution in [2.75, 3.05) is 5.73 Å². The Bertz CT molecular complexity index is 520. The van der Waals surface area contributed by atoms with E-state index >= 15 is 0 Å². The van der Waals surface area contributed by atoms with Crippen LogP contribution >= 0.6 is 0 Å². The number of nitrogens with zero attached hydrogens (tertiary/aromatic N) is 2. The Labute approximate surface area is 102 Å². The molecule has 2 N–H and O–H groups in total. The highest BCUT2D eigenvalue weighted by Gasteiger charge is 2.05. The largest absolute Gasteiger partial charge is 0.383 e. The third-order valence-electron chi connectivity index (χ3n) is 2.85. The monoisotopic (exact) mass is 229 g/mol. The molecule has 2 rings (SSSR count). The number of rotatable bonds is 4. The maximum atomic E-state index is 6.00. The number of anilines is 1. The highest BCUT2D eigenvalue weighted by molar-refractivity contribution is 5.88. The summed E-state index contributed by atoms with van der Waals surface area (Å²) < 4.78 is 0. The quantitative estimate of drug-likeness (QED) is 0.876. The van der Waals surface area contributed by atoms with Crippen molar-refractivity contribution in [2.24, 2.45) is 0 Å². The summed E-state index contributed by atoms with van der Waals surface area (Å²) in [6.07, 6.45) is 4.14. The summed E-state index contributed by atoms with van der Waals surface area (Å²) in [5.74, 6) is 1.46. The molecule has 0 saturated heterocycles. The number of aromatic nitrogens is 2. The van der Waals surface area contributed by atoms with Crippen molar-refractivity contribution in [3.05, 3.63) is 29.6 Å². The van der Waals surface area contributed by atoms with Crippen LogP contribution in [0.3, 0.4) is 0 Å². The van der Waals surface area contributed by atoms with E-state index in [1.165, 1.54) is 5.56 Å². The molecular weight excluding hydrogens is 210 g/mol. The van der Waals surface area contributed by atoms with Gasteiger partial charge in [-0.1, -0.05) is 26.3 Å². The van der Waals surface area contributed by atoms with Crippen molar-refractivity contribution in [2.45, 2.75) is 39.5 Å². The van der Waals surface area contributed by atoms with E-state index in [0.717, 1.165) is 42.4 Å². The summed E-state index contributed by atoms with van der Waals surface area (Å²) in [4.78, 5) is 8.89. The zero-order valence-electron chi connectivity index (χ0n) is 10.5. The highest BCUT2D eigenvalue weighted by atomic mass is 14.9. The Hall–Kier alpha value is -1.64. The molecule has 17 heavy (non-hydrogen) atoms. The first kappa shape index (κ1) is 11.8. The zero-order chi connectivity index (χ0) is 12.3. The first-order chi connectivity index (χ1) is 8.24. The Morgan fingerprint density at radius 3 is 2.53 bits per heavy atom. The molecule has 0 amide bonds. The molecule has 0 unspecified atom stereocenters. The molecule has 1 aromatic heterocycles. The normalized spacial score (nSPS) is 10.9. The van der Waals surface area contributed by atoms with Gasteiger partial charge in [-0.25, -0.2) is 9.97 Å². The molecule has 0 bridgehead atoms. The SMILES string of the molecule is CCCc1ccc2nc(CCC)nc(N)c2c1. The maximum Gasteiger partial charge on any atom is 0.135 e. The predicted molar refractivity (Wildman–Crippen MR) is 71.9 cm³/mol. The summed E-state index contributed by atoms with van der Waals surface area (Å²) in [6, 6.07) is 6.30. The summed E-state index contributed by atoms with van der Waals surface area (Å²) in [6.45, 7) is 4.29. The van der Waals surface area contributed by atoms with Gasteiger partial charge in [-0.3, -0.25) is 0 Å². The summed E-state index contributed by atoms with van der Waals surface area (Å²) >= 11 is 0. The van der Waals surface area contributed by atoms with Gasteiger partial charge < -0.3 is 5.73 Å². The molecule has 0 aliphatic rings. The minimum absolute atomic E-state index is 0.608. The van der Waals surface area contributed by atoms with E-state index in [1.54, 1.807) is 0 Å². The molecule has 0 fully saturated rings. The van der Waals surface area contributed by atoms with Gasteiger partial charge in [-0.05, 0) is 30.5 Å². The molecule has 1 aromatic carbocycles. The molecule has 0 aliphatic heterocycles. The summed E-state index contributed by atoms with van der Waals surface area (Å²) in [5, 5.41) is 0.982. The average Bonchev–Trinajstić information content (AvgIpc) is 2.31. The Balaban J connectivity index is 2.48. The lowest BCUT2D eigenvalue weighted by atomic mass is 10.1. The van der Waals surface area contributed by atoms with Gasteiger partial charge in [-0.15, -0.1) is 0 Å². The van der Waals surface area contributed by atoms with Crippen molar-refractivity contribution >= 4 is 16.7 Å². The number of aryl methyl sites for hydroxylation is 2. The van der Waals surface area contributed by atoms with Crippen LogP contribution in [0.2, 0.25) is 0 Å². The number of nitrogens with two attached hydrogens (primary N) is 1. The summed E-state index contributed by atoms with van der Waals surface area (Å²) in [7, 11) is 0. The Morgan fingerprint density at radius 1 is 1.06 bits per heavy atom. The number of hydrogen-bond donors (Lipinski definition) is 1. The second kappa shape index (κ2) is 5.13. The van der Waals surface area contributed by atoms with Gasteiger partial charge >= 0.3 is 0 Å². The van der Waals surface area contributed by atoms with Crippen molar-refractivity contribution in [3.8, 4) is 0 Å². The molecule has 0 aliphatic carbocycles. The van der Waals surface area contributed by atoms with Crippen LogP contribution in [0.1, 0.15) is 38.1 Å². The zero-order valence-corrected chi connectivity index (χ0v) is 10.5. The van der Waals surface area contributed by atoms with Gasteiger partial charge in [0.25, 0.3) is 0 Å². The number of fused-ring (bicyclic) bond motifs is 1. The minimum atomic E-state index is 0.608. The summed E-state index contributed by atoms with van der Waals surface area (Å²) in [5.41, 5.74) is 8.26. The lowest BCUT2D eigenvalue weighted by Gasteiger charge is -2.06. The van der Waals surface area contributed by atoms with Crippen LogP contribution in [-0.2, 0) is 12.8 Å². The molecule has 2 aromatic rings. The van der Waals surface area contributed by atoms with Gasteiger partial charge in [0, 0.05) is 11.8 Å². The van der Waals surface area contributed by atoms with Crippen LogP contribution in [0, 0.1) is 0 Å². The first-order valence-electron chi connectivity index (χ1n) is 6.29.